The number of hydrogen-bond acceptors (Lipinski definition) is 5. The summed E-state index contributed by atoms with van der Waals surface area (Å²) < 4.78 is 0.815. The third-order valence-electron chi connectivity index (χ3n) is 3.73. The summed E-state index contributed by atoms with van der Waals surface area (Å²) in [6.07, 6.45) is 1.59. The van der Waals surface area contributed by atoms with Crippen molar-refractivity contribution < 1.29 is 9.59 Å². The predicted octanol–water partition coefficient (Wildman–Crippen LogP) is 2.61. The number of pyridine rings is 1. The van der Waals surface area contributed by atoms with Gasteiger partial charge in [0.05, 0.1) is 23.8 Å². The Bertz CT molecular complexity index is 832. The number of nitriles is 1. The molecule has 1 unspecified atom stereocenters. The van der Waals surface area contributed by atoms with E-state index in [1.165, 1.54) is 0 Å². The molecule has 0 bridgehead atoms. The molecular weight excluding hydrogens is 398 g/mol. The third kappa shape index (κ3) is 5.37. The van der Waals surface area contributed by atoms with Crippen molar-refractivity contribution in [3.8, 4) is 6.07 Å². The van der Waals surface area contributed by atoms with Crippen molar-refractivity contribution in [2.24, 2.45) is 0 Å². The van der Waals surface area contributed by atoms with Crippen LogP contribution in [0.25, 0.3) is 0 Å². The van der Waals surface area contributed by atoms with Gasteiger partial charge in [0.1, 0.15) is 11.9 Å². The van der Waals surface area contributed by atoms with Gasteiger partial charge in [0.2, 0.25) is 11.8 Å². The minimum absolute atomic E-state index is 0.0201. The number of amides is 2. The number of nitrogens with one attached hydrogen (secondary N) is 2. The fraction of sp³-hybridized carbons (Fsp3) is 0.222. The van der Waals surface area contributed by atoms with E-state index in [2.05, 4.69) is 31.5 Å². The molecule has 0 fully saturated rings. The van der Waals surface area contributed by atoms with Crippen LogP contribution < -0.4 is 10.6 Å². The standard InChI is InChI=1S/C18H18BrN5O2/c1-12(18(26)22-15-6-4-3-5-13(15)9-20)24(2)11-17(25)23-16-8-7-14(19)10-21-16/h3-8,10,12H,11H2,1-2H3,(H,22,26)(H,21,23,25). The van der Waals surface area contributed by atoms with Gasteiger partial charge in [-0.05, 0) is 54.2 Å². The molecule has 0 radical (unpaired) electrons. The summed E-state index contributed by atoms with van der Waals surface area (Å²) in [4.78, 5) is 30.2. The van der Waals surface area contributed by atoms with Gasteiger partial charge in [0.25, 0.3) is 0 Å². The summed E-state index contributed by atoms with van der Waals surface area (Å²) >= 11 is 3.28. The van der Waals surface area contributed by atoms with Gasteiger partial charge in [0.15, 0.2) is 0 Å². The first-order chi connectivity index (χ1) is 12.4. The molecule has 7 nitrogen and oxygen atoms in total. The Morgan fingerprint density at radius 3 is 2.65 bits per heavy atom. The molecule has 0 saturated heterocycles. The van der Waals surface area contributed by atoms with E-state index >= 15 is 0 Å². The van der Waals surface area contributed by atoms with E-state index in [-0.39, 0.29) is 18.4 Å². The smallest absolute Gasteiger partial charge is 0.241 e. The van der Waals surface area contributed by atoms with Crippen molar-refractivity contribution in [1.82, 2.24) is 9.88 Å². The van der Waals surface area contributed by atoms with Crippen molar-refractivity contribution in [3.63, 3.8) is 0 Å². The number of carbonyl (C=O) groups is 2. The van der Waals surface area contributed by atoms with Crippen LogP contribution in [0.15, 0.2) is 47.1 Å². The van der Waals surface area contributed by atoms with Gasteiger partial charge < -0.3 is 10.6 Å². The number of halogens is 1. The van der Waals surface area contributed by atoms with E-state index in [1.807, 2.05) is 6.07 Å². The highest BCUT2D eigenvalue weighted by Gasteiger charge is 2.21. The molecule has 2 rings (SSSR count). The van der Waals surface area contributed by atoms with E-state index in [1.54, 1.807) is 61.5 Å². The molecule has 1 aromatic heterocycles. The second kappa shape index (κ2) is 9.08. The molecule has 2 aromatic rings. The highest BCUT2D eigenvalue weighted by atomic mass is 79.9. The lowest BCUT2D eigenvalue weighted by molar-refractivity contribution is -0.122. The monoisotopic (exact) mass is 415 g/mol. The van der Waals surface area contributed by atoms with Crippen LogP contribution in [0.3, 0.4) is 0 Å². The molecule has 0 spiro atoms. The quantitative estimate of drug-likeness (QED) is 0.755. The van der Waals surface area contributed by atoms with Gasteiger partial charge in [-0.15, -0.1) is 0 Å². The lowest BCUT2D eigenvalue weighted by atomic mass is 10.2. The average Bonchev–Trinajstić information content (AvgIpc) is 2.63. The van der Waals surface area contributed by atoms with Gasteiger partial charge in [-0.2, -0.15) is 5.26 Å². The fourth-order valence-electron chi connectivity index (χ4n) is 2.12. The fourth-order valence-corrected chi connectivity index (χ4v) is 2.36. The summed E-state index contributed by atoms with van der Waals surface area (Å²) in [5.74, 6) is -0.143. The Balaban J connectivity index is 1.92. The number of para-hydroxylation sites is 1. The van der Waals surface area contributed by atoms with Crippen LogP contribution in [0.1, 0.15) is 12.5 Å². The highest BCUT2D eigenvalue weighted by molar-refractivity contribution is 9.10. The maximum Gasteiger partial charge on any atom is 0.241 e. The summed E-state index contributed by atoms with van der Waals surface area (Å²) in [6.45, 7) is 1.71. The van der Waals surface area contributed by atoms with Crippen LogP contribution in [0.2, 0.25) is 0 Å². The molecule has 2 N–H and O–H groups in total. The van der Waals surface area contributed by atoms with E-state index in [9.17, 15) is 9.59 Å². The van der Waals surface area contributed by atoms with Crippen molar-refractivity contribution in [3.05, 3.63) is 52.6 Å². The molecule has 0 aliphatic rings. The molecule has 8 heteroatoms. The van der Waals surface area contributed by atoms with Gasteiger partial charge in [-0.1, -0.05) is 12.1 Å². The summed E-state index contributed by atoms with van der Waals surface area (Å²) in [7, 11) is 1.68. The minimum atomic E-state index is -0.564. The normalized spacial score (nSPS) is 11.5. The lowest BCUT2D eigenvalue weighted by Crippen LogP contribution is -2.43. The van der Waals surface area contributed by atoms with Crippen LogP contribution in [0.4, 0.5) is 11.5 Å². The molecule has 2 amide bonds. The van der Waals surface area contributed by atoms with Crippen molar-refractivity contribution in [2.75, 3.05) is 24.2 Å². The van der Waals surface area contributed by atoms with Gasteiger partial charge >= 0.3 is 0 Å². The Morgan fingerprint density at radius 1 is 1.27 bits per heavy atom. The molecule has 0 aliphatic heterocycles. The molecule has 1 atom stereocenters. The number of aromatic nitrogens is 1. The zero-order chi connectivity index (χ0) is 19.1. The van der Waals surface area contributed by atoms with Crippen molar-refractivity contribution in [1.29, 1.82) is 5.26 Å². The first kappa shape index (κ1) is 19.6. The van der Waals surface area contributed by atoms with Crippen LogP contribution in [0.5, 0.6) is 0 Å². The van der Waals surface area contributed by atoms with Gasteiger partial charge in [-0.25, -0.2) is 4.98 Å². The van der Waals surface area contributed by atoms with E-state index < -0.39 is 6.04 Å². The van der Waals surface area contributed by atoms with E-state index in [0.29, 0.717) is 17.1 Å². The summed E-state index contributed by atoms with van der Waals surface area (Å²) in [6, 6.07) is 11.7. The summed E-state index contributed by atoms with van der Waals surface area (Å²) in [5.41, 5.74) is 0.832. The van der Waals surface area contributed by atoms with E-state index in [0.717, 1.165) is 4.47 Å². The molecule has 0 aliphatic carbocycles. The maximum atomic E-state index is 12.4. The number of nitrogens with zero attached hydrogens (tertiary/aromatic N) is 3. The molecule has 1 aromatic carbocycles. The van der Waals surface area contributed by atoms with E-state index in [4.69, 9.17) is 5.26 Å². The number of anilines is 2. The van der Waals surface area contributed by atoms with Crippen molar-refractivity contribution >= 4 is 39.2 Å². The minimum Gasteiger partial charge on any atom is -0.324 e. The Hall–Kier alpha value is -2.76. The number of likely N-dealkylation sites (N-methyl/N-ethyl adjacent to an activating group) is 1. The second-order valence-corrected chi connectivity index (χ2v) is 6.56. The van der Waals surface area contributed by atoms with Gasteiger partial charge in [-0.3, -0.25) is 14.5 Å². The first-order valence-electron chi connectivity index (χ1n) is 7.82. The lowest BCUT2D eigenvalue weighted by Gasteiger charge is -2.23. The Kier molecular flexibility index (Phi) is 6.83. The molecule has 0 saturated carbocycles. The number of rotatable bonds is 6. The largest absolute Gasteiger partial charge is 0.324 e. The molecular formula is C18H18BrN5O2. The molecule has 134 valence electrons. The summed E-state index contributed by atoms with van der Waals surface area (Å²) in [5, 5.41) is 14.5. The first-order valence-corrected chi connectivity index (χ1v) is 8.61. The number of carbonyl (C=O) groups excluding carboxylic acids is 2. The third-order valence-corrected chi connectivity index (χ3v) is 4.20. The Morgan fingerprint density at radius 2 is 2.00 bits per heavy atom. The van der Waals surface area contributed by atoms with Crippen LogP contribution in [-0.4, -0.2) is 41.3 Å². The molecule has 26 heavy (non-hydrogen) atoms. The predicted molar refractivity (Wildman–Crippen MR) is 102 cm³/mol. The van der Waals surface area contributed by atoms with Crippen LogP contribution >= 0.6 is 15.9 Å². The number of hydrogen-bond donors (Lipinski definition) is 2. The second-order valence-electron chi connectivity index (χ2n) is 5.65. The van der Waals surface area contributed by atoms with Crippen LogP contribution in [0, 0.1) is 11.3 Å². The topological polar surface area (TPSA) is 98.1 Å². The zero-order valence-electron chi connectivity index (χ0n) is 14.4. The highest BCUT2D eigenvalue weighted by Crippen LogP contribution is 2.14. The Labute approximate surface area is 160 Å². The number of benzene rings is 1. The maximum absolute atomic E-state index is 12.4. The zero-order valence-corrected chi connectivity index (χ0v) is 15.9. The van der Waals surface area contributed by atoms with Crippen LogP contribution in [-0.2, 0) is 9.59 Å². The molecule has 1 heterocycles. The average molecular weight is 416 g/mol. The van der Waals surface area contributed by atoms with Crippen molar-refractivity contribution in [2.45, 2.75) is 13.0 Å². The van der Waals surface area contributed by atoms with Gasteiger partial charge in [0, 0.05) is 10.7 Å². The SMILES string of the molecule is CC(C(=O)Nc1ccccc1C#N)N(C)CC(=O)Nc1ccc(Br)cn1.